The maximum absolute atomic E-state index is 13.0. The van der Waals surface area contributed by atoms with Gasteiger partial charge in [-0.05, 0) is 46.6 Å². The Bertz CT molecular complexity index is 573. The number of piperidine rings is 1. The molecule has 5 nitrogen and oxygen atoms in total. The number of likely N-dealkylation sites (tertiary alicyclic amines) is 1. The van der Waals surface area contributed by atoms with Gasteiger partial charge in [0.25, 0.3) is 5.91 Å². The molecule has 2 aliphatic rings. The molecule has 0 aliphatic carbocycles. The maximum Gasteiger partial charge on any atom is 0.255 e. The standard InChI is InChI=1S/C18H28N2O3/c1-12(2)20-13(3)10-16(14(20)4)17(21)19-7-5-6-15(11-19)18-22-8-9-23-18/h10,12,15,18H,5-9,11H2,1-4H3. The van der Waals surface area contributed by atoms with Crippen molar-refractivity contribution in [2.75, 3.05) is 26.3 Å². The van der Waals surface area contributed by atoms with Crippen LogP contribution < -0.4 is 0 Å². The highest BCUT2D eigenvalue weighted by atomic mass is 16.7. The van der Waals surface area contributed by atoms with Crippen molar-refractivity contribution in [2.45, 2.75) is 52.9 Å². The average molecular weight is 320 g/mol. The van der Waals surface area contributed by atoms with Gasteiger partial charge in [-0.3, -0.25) is 4.79 Å². The number of ether oxygens (including phenoxy) is 2. The molecule has 0 saturated carbocycles. The van der Waals surface area contributed by atoms with E-state index in [1.54, 1.807) is 0 Å². The van der Waals surface area contributed by atoms with Crippen LogP contribution in [0, 0.1) is 19.8 Å². The number of amides is 1. The summed E-state index contributed by atoms with van der Waals surface area (Å²) in [6, 6.07) is 2.40. The smallest absolute Gasteiger partial charge is 0.255 e. The average Bonchev–Trinajstić information content (AvgIpc) is 3.15. The molecule has 2 fully saturated rings. The Morgan fingerprint density at radius 2 is 1.96 bits per heavy atom. The van der Waals surface area contributed by atoms with Crippen LogP contribution in [0.4, 0.5) is 0 Å². The third kappa shape index (κ3) is 3.17. The fraction of sp³-hybridized carbons (Fsp3) is 0.722. The molecule has 1 atom stereocenters. The van der Waals surface area contributed by atoms with Gasteiger partial charge in [-0.15, -0.1) is 0 Å². The van der Waals surface area contributed by atoms with Gasteiger partial charge in [-0.2, -0.15) is 0 Å². The molecule has 1 unspecified atom stereocenters. The minimum Gasteiger partial charge on any atom is -0.350 e. The van der Waals surface area contributed by atoms with Gasteiger partial charge < -0.3 is 18.9 Å². The molecular formula is C18H28N2O3. The predicted octanol–water partition coefficient (Wildman–Crippen LogP) is 2.91. The van der Waals surface area contributed by atoms with Crippen molar-refractivity contribution in [3.05, 3.63) is 23.0 Å². The van der Waals surface area contributed by atoms with Gasteiger partial charge in [0, 0.05) is 36.4 Å². The topological polar surface area (TPSA) is 43.7 Å². The number of rotatable bonds is 3. The predicted molar refractivity (Wildman–Crippen MR) is 88.6 cm³/mol. The highest BCUT2D eigenvalue weighted by Crippen LogP contribution is 2.27. The first-order valence-electron chi connectivity index (χ1n) is 8.70. The Kier molecular flexibility index (Phi) is 4.78. The molecular weight excluding hydrogens is 292 g/mol. The van der Waals surface area contributed by atoms with E-state index < -0.39 is 0 Å². The van der Waals surface area contributed by atoms with Crippen molar-refractivity contribution in [2.24, 2.45) is 5.92 Å². The highest BCUT2D eigenvalue weighted by molar-refractivity contribution is 5.95. The van der Waals surface area contributed by atoms with Gasteiger partial charge in [0.05, 0.1) is 18.8 Å². The number of aryl methyl sites for hydroxylation is 1. The van der Waals surface area contributed by atoms with Gasteiger partial charge in [0.2, 0.25) is 0 Å². The van der Waals surface area contributed by atoms with Crippen molar-refractivity contribution < 1.29 is 14.3 Å². The zero-order valence-corrected chi connectivity index (χ0v) is 14.7. The molecule has 0 N–H and O–H groups in total. The van der Waals surface area contributed by atoms with E-state index in [-0.39, 0.29) is 12.2 Å². The minimum atomic E-state index is -0.131. The van der Waals surface area contributed by atoms with Crippen molar-refractivity contribution >= 4 is 5.91 Å². The first kappa shape index (κ1) is 16.5. The SMILES string of the molecule is Cc1cc(C(=O)N2CCCC(C3OCCO3)C2)c(C)n1C(C)C. The summed E-state index contributed by atoms with van der Waals surface area (Å²) in [5, 5.41) is 0. The number of hydrogen-bond acceptors (Lipinski definition) is 3. The lowest BCUT2D eigenvalue weighted by molar-refractivity contribution is -0.0969. The van der Waals surface area contributed by atoms with E-state index in [0.717, 1.165) is 42.9 Å². The van der Waals surface area contributed by atoms with Crippen LogP contribution in [0.3, 0.4) is 0 Å². The van der Waals surface area contributed by atoms with Gasteiger partial charge in [0.1, 0.15) is 0 Å². The van der Waals surface area contributed by atoms with Crippen LogP contribution in [0.5, 0.6) is 0 Å². The number of carbonyl (C=O) groups is 1. The third-order valence-corrected chi connectivity index (χ3v) is 5.01. The number of hydrogen-bond donors (Lipinski definition) is 0. The van der Waals surface area contributed by atoms with Gasteiger partial charge in [0.15, 0.2) is 6.29 Å². The van der Waals surface area contributed by atoms with Crippen LogP contribution in [0.25, 0.3) is 0 Å². The molecule has 0 bridgehead atoms. The summed E-state index contributed by atoms with van der Waals surface area (Å²) in [7, 11) is 0. The minimum absolute atomic E-state index is 0.131. The van der Waals surface area contributed by atoms with Crippen LogP contribution in [0.15, 0.2) is 6.07 Å². The van der Waals surface area contributed by atoms with Crippen LogP contribution in [-0.4, -0.2) is 48.0 Å². The zero-order valence-electron chi connectivity index (χ0n) is 14.7. The quantitative estimate of drug-likeness (QED) is 0.860. The van der Waals surface area contributed by atoms with Crippen LogP contribution in [-0.2, 0) is 9.47 Å². The number of aromatic nitrogens is 1. The molecule has 5 heteroatoms. The second-order valence-corrected chi connectivity index (χ2v) is 7.01. The molecule has 0 aromatic carbocycles. The summed E-state index contributed by atoms with van der Waals surface area (Å²) in [6.45, 7) is 11.3. The monoisotopic (exact) mass is 320 g/mol. The molecule has 0 spiro atoms. The second-order valence-electron chi connectivity index (χ2n) is 7.01. The third-order valence-electron chi connectivity index (χ3n) is 5.01. The Morgan fingerprint density at radius 3 is 2.57 bits per heavy atom. The number of nitrogens with zero attached hydrogens (tertiary/aromatic N) is 2. The van der Waals surface area contributed by atoms with E-state index in [2.05, 4.69) is 25.3 Å². The molecule has 1 aromatic rings. The molecule has 2 saturated heterocycles. The second kappa shape index (κ2) is 6.65. The summed E-state index contributed by atoms with van der Waals surface area (Å²) in [4.78, 5) is 15.0. The summed E-state index contributed by atoms with van der Waals surface area (Å²) in [6.07, 6.45) is 1.95. The van der Waals surface area contributed by atoms with E-state index in [0.29, 0.717) is 25.2 Å². The molecule has 0 radical (unpaired) electrons. The molecule has 3 rings (SSSR count). The molecule has 1 amide bonds. The van der Waals surface area contributed by atoms with Crippen LogP contribution in [0.1, 0.15) is 54.5 Å². The van der Waals surface area contributed by atoms with E-state index in [4.69, 9.17) is 9.47 Å². The first-order valence-corrected chi connectivity index (χ1v) is 8.70. The lowest BCUT2D eigenvalue weighted by atomic mass is 9.96. The Hall–Kier alpha value is -1.33. The van der Waals surface area contributed by atoms with Crippen LogP contribution in [0.2, 0.25) is 0 Å². The molecule has 128 valence electrons. The summed E-state index contributed by atoms with van der Waals surface area (Å²) in [5.41, 5.74) is 3.06. The van der Waals surface area contributed by atoms with Crippen molar-refractivity contribution in [3.63, 3.8) is 0 Å². The first-order chi connectivity index (χ1) is 11.0. The Balaban J connectivity index is 1.76. The zero-order chi connectivity index (χ0) is 16.6. The van der Waals surface area contributed by atoms with E-state index in [1.165, 1.54) is 0 Å². The van der Waals surface area contributed by atoms with Gasteiger partial charge >= 0.3 is 0 Å². The maximum atomic E-state index is 13.0. The Morgan fingerprint density at radius 1 is 1.26 bits per heavy atom. The summed E-state index contributed by atoms with van der Waals surface area (Å²) < 4.78 is 13.5. The fourth-order valence-electron chi connectivity index (χ4n) is 4.02. The van der Waals surface area contributed by atoms with E-state index >= 15 is 0 Å². The van der Waals surface area contributed by atoms with Crippen molar-refractivity contribution in [1.29, 1.82) is 0 Å². The summed E-state index contributed by atoms with van der Waals surface area (Å²) in [5.74, 6) is 0.441. The van der Waals surface area contributed by atoms with E-state index in [1.807, 2.05) is 17.9 Å². The van der Waals surface area contributed by atoms with Gasteiger partial charge in [-0.25, -0.2) is 0 Å². The van der Waals surface area contributed by atoms with E-state index in [9.17, 15) is 4.79 Å². The fourth-order valence-corrected chi connectivity index (χ4v) is 4.02. The normalized spacial score (nSPS) is 23.0. The highest BCUT2D eigenvalue weighted by Gasteiger charge is 2.33. The van der Waals surface area contributed by atoms with Gasteiger partial charge in [-0.1, -0.05) is 0 Å². The molecule has 3 heterocycles. The van der Waals surface area contributed by atoms with Crippen molar-refractivity contribution in [1.82, 2.24) is 9.47 Å². The lowest BCUT2D eigenvalue weighted by Crippen LogP contribution is -2.44. The lowest BCUT2D eigenvalue weighted by Gasteiger charge is -2.34. The number of carbonyl (C=O) groups excluding carboxylic acids is 1. The summed E-state index contributed by atoms with van der Waals surface area (Å²) >= 11 is 0. The van der Waals surface area contributed by atoms with Crippen molar-refractivity contribution in [3.8, 4) is 0 Å². The molecule has 23 heavy (non-hydrogen) atoms. The molecule has 2 aliphatic heterocycles. The molecule has 1 aromatic heterocycles. The Labute approximate surface area is 138 Å². The van der Waals surface area contributed by atoms with Crippen LogP contribution >= 0.6 is 0 Å². The largest absolute Gasteiger partial charge is 0.350 e.